The van der Waals surface area contributed by atoms with Crippen molar-refractivity contribution in [2.45, 2.75) is 25.5 Å². The third-order valence-electron chi connectivity index (χ3n) is 5.11. The quantitative estimate of drug-likeness (QED) is 0.535. The van der Waals surface area contributed by atoms with E-state index in [9.17, 15) is 4.79 Å². The summed E-state index contributed by atoms with van der Waals surface area (Å²) >= 11 is 0. The van der Waals surface area contributed by atoms with Gasteiger partial charge in [0, 0.05) is 31.1 Å². The fraction of sp³-hybridized carbons (Fsp3) is 0.304. The standard InChI is InChI=1S/C23H26N4O4/c1-29-20-4-2-3-16(11-20)13-24-23(28)27-21-6-5-17(18-14-25-26-15-18)12-22(21)31-19-7-9-30-10-8-19/h2-6,11-12,14-15,19H,7-10,13H2,1H3,(H,25,26)(H2,24,27,28). The van der Waals surface area contributed by atoms with Gasteiger partial charge in [-0.05, 0) is 35.4 Å². The van der Waals surface area contributed by atoms with Gasteiger partial charge in [-0.2, -0.15) is 5.10 Å². The van der Waals surface area contributed by atoms with E-state index in [2.05, 4.69) is 20.8 Å². The maximum absolute atomic E-state index is 12.6. The van der Waals surface area contributed by atoms with Gasteiger partial charge in [0.15, 0.2) is 0 Å². The summed E-state index contributed by atoms with van der Waals surface area (Å²) in [5.74, 6) is 1.38. The normalized spacial score (nSPS) is 14.1. The molecule has 8 nitrogen and oxygen atoms in total. The fourth-order valence-corrected chi connectivity index (χ4v) is 3.42. The van der Waals surface area contributed by atoms with E-state index >= 15 is 0 Å². The first-order chi connectivity index (χ1) is 15.2. The van der Waals surface area contributed by atoms with Crippen molar-refractivity contribution in [3.8, 4) is 22.6 Å². The van der Waals surface area contributed by atoms with Gasteiger partial charge in [0.2, 0.25) is 0 Å². The summed E-state index contributed by atoms with van der Waals surface area (Å²) in [4.78, 5) is 12.6. The molecule has 1 saturated heterocycles. The number of anilines is 1. The van der Waals surface area contributed by atoms with Crippen LogP contribution in [0.15, 0.2) is 54.9 Å². The smallest absolute Gasteiger partial charge is 0.319 e. The van der Waals surface area contributed by atoms with Crippen molar-refractivity contribution in [2.75, 3.05) is 25.6 Å². The molecule has 2 amide bonds. The summed E-state index contributed by atoms with van der Waals surface area (Å²) in [7, 11) is 1.62. The Morgan fingerprint density at radius 1 is 1.19 bits per heavy atom. The number of hydrogen-bond donors (Lipinski definition) is 3. The Hall–Kier alpha value is -3.52. The Morgan fingerprint density at radius 3 is 2.84 bits per heavy atom. The number of methoxy groups -OCH3 is 1. The van der Waals surface area contributed by atoms with Crippen LogP contribution in [0.1, 0.15) is 18.4 Å². The Balaban J connectivity index is 1.46. The predicted molar refractivity (Wildman–Crippen MR) is 117 cm³/mol. The summed E-state index contributed by atoms with van der Waals surface area (Å²) in [5.41, 5.74) is 3.47. The number of carbonyl (C=O) groups excluding carboxylic acids is 1. The van der Waals surface area contributed by atoms with Crippen molar-refractivity contribution in [3.05, 3.63) is 60.4 Å². The number of nitrogens with zero attached hydrogens (tertiary/aromatic N) is 1. The molecule has 0 atom stereocenters. The van der Waals surface area contributed by atoms with E-state index in [1.165, 1.54) is 0 Å². The minimum absolute atomic E-state index is 0.0498. The highest BCUT2D eigenvalue weighted by Gasteiger charge is 2.18. The van der Waals surface area contributed by atoms with Crippen LogP contribution in [0.3, 0.4) is 0 Å². The third-order valence-corrected chi connectivity index (χ3v) is 5.11. The molecule has 3 N–H and O–H groups in total. The van der Waals surface area contributed by atoms with Crippen LogP contribution < -0.4 is 20.1 Å². The minimum atomic E-state index is -0.310. The predicted octanol–water partition coefficient (Wildman–Crippen LogP) is 3.96. The highest BCUT2D eigenvalue weighted by atomic mass is 16.5. The molecule has 2 heterocycles. The number of benzene rings is 2. The topological polar surface area (TPSA) is 97.5 Å². The van der Waals surface area contributed by atoms with Crippen LogP contribution in [-0.4, -0.2) is 42.7 Å². The summed E-state index contributed by atoms with van der Waals surface area (Å²) in [6.07, 6.45) is 5.26. The van der Waals surface area contributed by atoms with Crippen molar-refractivity contribution in [1.29, 1.82) is 0 Å². The molecule has 2 aromatic carbocycles. The maximum atomic E-state index is 12.6. The molecule has 31 heavy (non-hydrogen) atoms. The zero-order valence-electron chi connectivity index (χ0n) is 17.4. The van der Waals surface area contributed by atoms with Gasteiger partial charge in [0.05, 0.1) is 32.2 Å². The van der Waals surface area contributed by atoms with E-state index in [0.29, 0.717) is 31.2 Å². The van der Waals surface area contributed by atoms with Gasteiger partial charge in [0.25, 0.3) is 0 Å². The summed E-state index contributed by atoms with van der Waals surface area (Å²) in [5, 5.41) is 12.6. The number of hydrogen-bond acceptors (Lipinski definition) is 5. The molecule has 0 radical (unpaired) electrons. The molecule has 3 aromatic rings. The number of aromatic amines is 1. The largest absolute Gasteiger partial charge is 0.497 e. The lowest BCUT2D eigenvalue weighted by atomic mass is 10.1. The van der Waals surface area contributed by atoms with Gasteiger partial charge in [-0.15, -0.1) is 0 Å². The molecule has 1 aliphatic heterocycles. The van der Waals surface area contributed by atoms with Crippen LogP contribution in [0, 0.1) is 0 Å². The summed E-state index contributed by atoms with van der Waals surface area (Å²) < 4.78 is 16.9. The van der Waals surface area contributed by atoms with Gasteiger partial charge < -0.3 is 24.8 Å². The zero-order valence-corrected chi connectivity index (χ0v) is 17.4. The van der Waals surface area contributed by atoms with Gasteiger partial charge >= 0.3 is 6.03 Å². The number of carbonyl (C=O) groups is 1. The van der Waals surface area contributed by atoms with Gasteiger partial charge in [-0.1, -0.05) is 18.2 Å². The molecule has 1 fully saturated rings. The molecule has 0 bridgehead atoms. The number of aromatic nitrogens is 2. The molecule has 0 unspecified atom stereocenters. The van der Waals surface area contributed by atoms with Gasteiger partial charge in [-0.25, -0.2) is 4.79 Å². The maximum Gasteiger partial charge on any atom is 0.319 e. The number of nitrogens with one attached hydrogen (secondary N) is 3. The second-order valence-electron chi connectivity index (χ2n) is 7.29. The van der Waals surface area contributed by atoms with E-state index < -0.39 is 0 Å². The fourth-order valence-electron chi connectivity index (χ4n) is 3.42. The van der Waals surface area contributed by atoms with Gasteiger partial charge in [0.1, 0.15) is 17.6 Å². The Bertz CT molecular complexity index is 1000. The van der Waals surface area contributed by atoms with E-state index in [-0.39, 0.29) is 12.1 Å². The van der Waals surface area contributed by atoms with Crippen LogP contribution >= 0.6 is 0 Å². The van der Waals surface area contributed by atoms with Crippen molar-refractivity contribution in [3.63, 3.8) is 0 Å². The molecule has 8 heteroatoms. The number of H-pyrrole nitrogens is 1. The highest BCUT2D eigenvalue weighted by Crippen LogP contribution is 2.32. The lowest BCUT2D eigenvalue weighted by Gasteiger charge is -2.25. The monoisotopic (exact) mass is 422 g/mol. The Kier molecular flexibility index (Phi) is 6.68. The molecular formula is C23H26N4O4. The first-order valence-electron chi connectivity index (χ1n) is 10.3. The van der Waals surface area contributed by atoms with Crippen LogP contribution in [0.2, 0.25) is 0 Å². The van der Waals surface area contributed by atoms with E-state index in [0.717, 1.165) is 35.3 Å². The second-order valence-corrected chi connectivity index (χ2v) is 7.29. The van der Waals surface area contributed by atoms with Crippen molar-refractivity contribution >= 4 is 11.7 Å². The van der Waals surface area contributed by atoms with Crippen LogP contribution in [0.25, 0.3) is 11.1 Å². The lowest BCUT2D eigenvalue weighted by Crippen LogP contribution is -2.29. The highest BCUT2D eigenvalue weighted by molar-refractivity contribution is 5.91. The molecule has 0 saturated carbocycles. The van der Waals surface area contributed by atoms with Crippen molar-refractivity contribution in [2.24, 2.45) is 0 Å². The minimum Gasteiger partial charge on any atom is -0.497 e. The molecule has 4 rings (SSSR count). The Morgan fingerprint density at radius 2 is 2.06 bits per heavy atom. The summed E-state index contributed by atoms with van der Waals surface area (Å²) in [6, 6.07) is 13.0. The van der Waals surface area contributed by atoms with Crippen LogP contribution in [0.5, 0.6) is 11.5 Å². The summed E-state index contributed by atoms with van der Waals surface area (Å²) in [6.45, 7) is 1.73. The van der Waals surface area contributed by atoms with E-state index in [1.807, 2.05) is 48.7 Å². The molecule has 162 valence electrons. The van der Waals surface area contributed by atoms with Crippen molar-refractivity contribution < 1.29 is 19.0 Å². The third kappa shape index (κ3) is 5.55. The van der Waals surface area contributed by atoms with Crippen molar-refractivity contribution in [1.82, 2.24) is 15.5 Å². The second kappa shape index (κ2) is 9.99. The molecule has 1 aliphatic rings. The lowest BCUT2D eigenvalue weighted by molar-refractivity contribution is 0.0258. The average Bonchev–Trinajstić information content (AvgIpc) is 3.35. The number of amides is 2. The van der Waals surface area contributed by atoms with E-state index in [1.54, 1.807) is 13.3 Å². The number of urea groups is 1. The first kappa shape index (κ1) is 20.7. The first-order valence-corrected chi connectivity index (χ1v) is 10.3. The SMILES string of the molecule is COc1cccc(CNC(=O)Nc2ccc(-c3cn[nH]c3)cc2OC2CCOCC2)c1. The molecular weight excluding hydrogens is 396 g/mol. The van der Waals surface area contributed by atoms with Crippen LogP contribution in [0.4, 0.5) is 10.5 Å². The number of ether oxygens (including phenoxy) is 3. The van der Waals surface area contributed by atoms with Crippen LogP contribution in [-0.2, 0) is 11.3 Å². The Labute approximate surface area is 180 Å². The average molecular weight is 422 g/mol. The van der Waals surface area contributed by atoms with Gasteiger partial charge in [-0.3, -0.25) is 5.10 Å². The molecule has 0 aliphatic carbocycles. The zero-order chi connectivity index (χ0) is 21.5. The molecule has 1 aromatic heterocycles. The number of rotatable bonds is 7. The van der Waals surface area contributed by atoms with E-state index in [4.69, 9.17) is 14.2 Å². The molecule has 0 spiro atoms.